The van der Waals surface area contributed by atoms with Gasteiger partial charge >= 0.3 is 6.18 Å². The third-order valence-corrected chi connectivity index (χ3v) is 5.17. The minimum Gasteiger partial charge on any atom is -0.497 e. The van der Waals surface area contributed by atoms with E-state index in [9.17, 15) is 18.0 Å². The first kappa shape index (κ1) is 22.1. The highest BCUT2D eigenvalue weighted by Gasteiger charge is 2.35. The summed E-state index contributed by atoms with van der Waals surface area (Å²) in [6.45, 7) is 1.66. The van der Waals surface area contributed by atoms with Gasteiger partial charge in [0.05, 0.1) is 31.0 Å². The van der Waals surface area contributed by atoms with Crippen LogP contribution in [0.25, 0.3) is 0 Å². The molecular weight excluding hydrogens is 441 g/mol. The van der Waals surface area contributed by atoms with E-state index < -0.39 is 23.7 Å². The van der Waals surface area contributed by atoms with E-state index in [2.05, 4.69) is 26.2 Å². The van der Waals surface area contributed by atoms with Crippen LogP contribution in [-0.4, -0.2) is 40.3 Å². The maximum absolute atomic E-state index is 13.4. The number of methoxy groups -OCH3 is 2. The molecule has 33 heavy (non-hydrogen) atoms. The summed E-state index contributed by atoms with van der Waals surface area (Å²) in [4.78, 5) is 13.4. The number of nitrogens with zero attached hydrogens (tertiary/aromatic N) is 4. The lowest BCUT2D eigenvalue weighted by atomic mass is 9.94. The number of ether oxygens (including phenoxy) is 2. The van der Waals surface area contributed by atoms with Crippen LogP contribution in [-0.2, 0) is 11.0 Å². The van der Waals surface area contributed by atoms with Crippen molar-refractivity contribution < 1.29 is 27.4 Å². The second kappa shape index (κ2) is 8.45. The zero-order chi connectivity index (χ0) is 23.8. The predicted molar refractivity (Wildman–Crippen MR) is 112 cm³/mol. The van der Waals surface area contributed by atoms with E-state index in [0.29, 0.717) is 28.4 Å². The van der Waals surface area contributed by atoms with Crippen molar-refractivity contribution in [2.75, 3.05) is 24.9 Å². The van der Waals surface area contributed by atoms with Gasteiger partial charge in [-0.05, 0) is 47.2 Å². The van der Waals surface area contributed by atoms with Gasteiger partial charge in [-0.1, -0.05) is 17.2 Å². The lowest BCUT2D eigenvalue weighted by Crippen LogP contribution is -2.31. The number of tetrazole rings is 1. The summed E-state index contributed by atoms with van der Waals surface area (Å²) in [6.07, 6.45) is -4.48. The number of alkyl halides is 3. The van der Waals surface area contributed by atoms with Crippen molar-refractivity contribution in [3.05, 3.63) is 64.9 Å². The molecule has 0 spiro atoms. The Labute approximate surface area is 186 Å². The highest BCUT2D eigenvalue weighted by atomic mass is 19.4. The van der Waals surface area contributed by atoms with Crippen molar-refractivity contribution in [2.45, 2.75) is 19.1 Å². The van der Waals surface area contributed by atoms with Crippen molar-refractivity contribution >= 4 is 17.5 Å². The minimum absolute atomic E-state index is 0.222. The summed E-state index contributed by atoms with van der Waals surface area (Å²) in [7, 11) is 2.95. The van der Waals surface area contributed by atoms with E-state index in [-0.39, 0.29) is 11.5 Å². The fraction of sp³-hybridized carbons (Fsp3) is 0.238. The number of carbonyl (C=O) groups is 1. The van der Waals surface area contributed by atoms with Crippen LogP contribution in [0.2, 0.25) is 0 Å². The van der Waals surface area contributed by atoms with Crippen LogP contribution in [0.4, 0.5) is 24.8 Å². The Morgan fingerprint density at radius 1 is 1.12 bits per heavy atom. The molecule has 2 aromatic carbocycles. The first-order valence-electron chi connectivity index (χ1n) is 9.69. The minimum atomic E-state index is -4.48. The second-order valence-corrected chi connectivity index (χ2v) is 7.15. The predicted octanol–water partition coefficient (Wildman–Crippen LogP) is 3.64. The number of allylic oxidation sites excluding steroid dienone is 1. The topological polar surface area (TPSA) is 103 Å². The molecule has 2 N–H and O–H groups in total. The van der Waals surface area contributed by atoms with E-state index in [4.69, 9.17) is 9.47 Å². The second-order valence-electron chi connectivity index (χ2n) is 7.15. The molecule has 0 saturated heterocycles. The molecule has 3 aromatic rings. The fourth-order valence-electron chi connectivity index (χ4n) is 3.57. The van der Waals surface area contributed by atoms with Crippen molar-refractivity contribution in [1.29, 1.82) is 0 Å². The van der Waals surface area contributed by atoms with Gasteiger partial charge in [0.25, 0.3) is 5.91 Å². The van der Waals surface area contributed by atoms with Gasteiger partial charge in [0.15, 0.2) is 0 Å². The molecule has 172 valence electrons. The van der Waals surface area contributed by atoms with Gasteiger partial charge in [-0.3, -0.25) is 4.79 Å². The van der Waals surface area contributed by atoms with Gasteiger partial charge in [0.1, 0.15) is 17.5 Å². The van der Waals surface area contributed by atoms with Gasteiger partial charge in [-0.25, -0.2) is 0 Å². The molecule has 4 rings (SSSR count). The third kappa shape index (κ3) is 4.19. The maximum Gasteiger partial charge on any atom is 0.416 e. The van der Waals surface area contributed by atoms with Crippen molar-refractivity contribution in [1.82, 2.24) is 20.2 Å². The van der Waals surface area contributed by atoms with Gasteiger partial charge in [-0.15, -0.1) is 0 Å². The van der Waals surface area contributed by atoms with Gasteiger partial charge in [-0.2, -0.15) is 17.9 Å². The Kier molecular flexibility index (Phi) is 5.66. The van der Waals surface area contributed by atoms with Crippen LogP contribution in [0.5, 0.6) is 11.5 Å². The number of aromatic nitrogens is 4. The molecule has 0 saturated carbocycles. The van der Waals surface area contributed by atoms with E-state index in [1.54, 1.807) is 25.1 Å². The molecule has 0 radical (unpaired) electrons. The van der Waals surface area contributed by atoms with Crippen LogP contribution in [0.15, 0.2) is 53.7 Å². The monoisotopic (exact) mass is 460 g/mol. The summed E-state index contributed by atoms with van der Waals surface area (Å²) >= 11 is 0. The van der Waals surface area contributed by atoms with E-state index in [1.807, 2.05) is 0 Å². The Bertz CT molecular complexity index is 1220. The average Bonchev–Trinajstić information content (AvgIpc) is 3.25. The SMILES string of the molecule is COc1ccc(OC)c(NC(=O)C2=C(C)Nc3nnnn3[C@@H]2c2ccc(C(F)(F)F)cc2)c1. The molecule has 12 heteroatoms. The molecule has 1 atom stereocenters. The molecule has 0 bridgehead atoms. The molecule has 2 heterocycles. The van der Waals surface area contributed by atoms with Crippen LogP contribution in [0.3, 0.4) is 0 Å². The summed E-state index contributed by atoms with van der Waals surface area (Å²) < 4.78 is 51.0. The van der Waals surface area contributed by atoms with E-state index in [0.717, 1.165) is 12.1 Å². The number of hydrogen-bond donors (Lipinski definition) is 2. The van der Waals surface area contributed by atoms with Gasteiger partial charge in [0, 0.05) is 11.8 Å². The fourth-order valence-corrected chi connectivity index (χ4v) is 3.57. The van der Waals surface area contributed by atoms with Gasteiger partial charge in [0.2, 0.25) is 5.95 Å². The number of carbonyl (C=O) groups excluding carboxylic acids is 1. The third-order valence-electron chi connectivity index (χ3n) is 5.17. The first-order valence-corrected chi connectivity index (χ1v) is 9.69. The summed E-state index contributed by atoms with van der Waals surface area (Å²) in [5.41, 5.74) is 0.627. The molecule has 1 aliphatic heterocycles. The highest BCUT2D eigenvalue weighted by molar-refractivity contribution is 6.06. The van der Waals surface area contributed by atoms with E-state index in [1.165, 1.54) is 31.0 Å². The zero-order valence-electron chi connectivity index (χ0n) is 17.8. The summed E-state index contributed by atoms with van der Waals surface area (Å²) in [5, 5.41) is 17.2. The zero-order valence-corrected chi connectivity index (χ0v) is 17.8. The van der Waals surface area contributed by atoms with Gasteiger partial charge < -0.3 is 20.1 Å². The number of halogens is 3. The lowest BCUT2D eigenvalue weighted by molar-refractivity contribution is -0.137. The molecule has 0 fully saturated rings. The number of amides is 1. The van der Waals surface area contributed by atoms with Crippen LogP contribution >= 0.6 is 0 Å². The van der Waals surface area contributed by atoms with Crippen LogP contribution in [0.1, 0.15) is 24.1 Å². The standard InChI is InChI=1S/C21H19F3N6O3/c1-11-17(19(31)26-15-10-14(32-2)8-9-16(15)33-3)18(30-20(25-11)27-28-29-30)12-4-6-13(7-5-12)21(22,23)24/h4-10,18H,1-3H3,(H,26,31)(H,25,27,29)/t18-/m1/s1. The highest BCUT2D eigenvalue weighted by Crippen LogP contribution is 2.37. The number of nitrogens with one attached hydrogen (secondary N) is 2. The summed E-state index contributed by atoms with van der Waals surface area (Å²) in [6, 6.07) is 8.57. The van der Waals surface area contributed by atoms with Crippen LogP contribution < -0.4 is 20.1 Å². The van der Waals surface area contributed by atoms with Crippen molar-refractivity contribution in [3.8, 4) is 11.5 Å². The maximum atomic E-state index is 13.4. The molecular formula is C21H19F3N6O3. The van der Waals surface area contributed by atoms with Crippen molar-refractivity contribution in [2.24, 2.45) is 0 Å². The Hall–Kier alpha value is -4.09. The number of anilines is 2. The molecule has 0 aliphatic carbocycles. The number of benzene rings is 2. The number of hydrogen-bond acceptors (Lipinski definition) is 7. The molecule has 1 amide bonds. The average molecular weight is 460 g/mol. The summed E-state index contributed by atoms with van der Waals surface area (Å²) in [5.74, 6) is 0.645. The van der Waals surface area contributed by atoms with Crippen molar-refractivity contribution in [3.63, 3.8) is 0 Å². The Morgan fingerprint density at radius 2 is 1.85 bits per heavy atom. The van der Waals surface area contributed by atoms with E-state index >= 15 is 0 Å². The number of fused-ring (bicyclic) bond motifs is 1. The number of rotatable bonds is 5. The Morgan fingerprint density at radius 3 is 2.48 bits per heavy atom. The molecule has 9 nitrogen and oxygen atoms in total. The quantitative estimate of drug-likeness (QED) is 0.599. The largest absolute Gasteiger partial charge is 0.497 e. The first-order chi connectivity index (χ1) is 15.7. The molecule has 1 aromatic heterocycles. The normalized spacial score (nSPS) is 15.5. The molecule has 1 aliphatic rings. The molecule has 0 unspecified atom stereocenters. The van der Waals surface area contributed by atoms with Crippen LogP contribution in [0, 0.1) is 0 Å². The smallest absolute Gasteiger partial charge is 0.416 e. The lowest BCUT2D eigenvalue weighted by Gasteiger charge is -2.28. The Balaban J connectivity index is 1.75.